The van der Waals surface area contributed by atoms with E-state index >= 15 is 0 Å². The van der Waals surface area contributed by atoms with E-state index in [1.807, 2.05) is 109 Å². The van der Waals surface area contributed by atoms with Crippen LogP contribution >= 0.6 is 24.3 Å². The van der Waals surface area contributed by atoms with Crippen LogP contribution < -0.4 is 27.1 Å². The monoisotopic (exact) mass is 836 g/mol. The Morgan fingerprint density at radius 2 is 0.483 bits per heavy atom. The van der Waals surface area contributed by atoms with Crippen LogP contribution in [0.25, 0.3) is 0 Å². The molecule has 0 saturated carbocycles. The van der Waals surface area contributed by atoms with Gasteiger partial charge in [0.05, 0.1) is 0 Å². The minimum absolute atomic E-state index is 0.0970. The first kappa shape index (κ1) is 42.1. The van der Waals surface area contributed by atoms with Gasteiger partial charge in [0.1, 0.15) is 19.8 Å². The highest BCUT2D eigenvalue weighted by Gasteiger charge is 2.96. The molecule has 0 aliphatic heterocycles. The zero-order chi connectivity index (χ0) is 40.4. The van der Waals surface area contributed by atoms with Gasteiger partial charge in [0, 0.05) is 0 Å². The second-order valence-corrected chi connectivity index (χ2v) is 18.7. The van der Waals surface area contributed by atoms with Gasteiger partial charge in [-0.1, -0.05) is 127 Å². The molecule has 0 atom stereocenters. The molecule has 0 aliphatic carbocycles. The normalized spacial score (nSPS) is 11.5. The molecular formula is C45H45NO9P3+3. The first-order valence-electron chi connectivity index (χ1n) is 18.2. The van der Waals surface area contributed by atoms with Crippen molar-refractivity contribution >= 4 is 24.3 Å². The number of hydrogen-bond donors (Lipinski definition) is 0. The van der Waals surface area contributed by atoms with Crippen molar-refractivity contribution in [1.29, 1.82) is 0 Å². The number of nitrogens with zero attached hydrogens (tertiary/aromatic N) is 1. The number of rotatable bonds is 24. The highest BCUT2D eigenvalue weighted by Crippen LogP contribution is 2.92. The van der Waals surface area contributed by atoms with Crippen molar-refractivity contribution in [2.24, 2.45) is 0 Å². The molecule has 296 valence electrons. The Morgan fingerprint density at radius 3 is 0.638 bits per heavy atom. The quantitative estimate of drug-likeness (QED) is 0.0434. The van der Waals surface area contributed by atoms with Crippen LogP contribution in [0.4, 0.5) is 0 Å². The molecule has 6 aromatic carbocycles. The Balaban J connectivity index is 1.80. The summed E-state index contributed by atoms with van der Waals surface area (Å²) in [5, 5.41) is 0. The molecule has 0 aliphatic rings. The predicted molar refractivity (Wildman–Crippen MR) is 233 cm³/mol. The van der Waals surface area contributed by atoms with Crippen LogP contribution in [-0.2, 0) is 13.6 Å². The predicted octanol–water partition coefficient (Wildman–Crippen LogP) is 13.4. The summed E-state index contributed by atoms with van der Waals surface area (Å²) in [6.07, 6.45) is 4.74. The maximum absolute atomic E-state index is 7.16. The average molecular weight is 837 g/mol. The molecular weight excluding hydrogens is 791 g/mol. The molecule has 0 amide bonds. The van der Waals surface area contributed by atoms with Crippen LogP contribution in [0.1, 0.15) is 0 Å². The van der Waals surface area contributed by atoms with E-state index in [-0.39, 0.29) is 19.8 Å². The highest BCUT2D eigenvalue weighted by atomic mass is 31.3. The van der Waals surface area contributed by atoms with E-state index in [1.54, 1.807) is 91.0 Å². The summed E-state index contributed by atoms with van der Waals surface area (Å²) in [5.41, 5.74) is 0. The maximum atomic E-state index is 7.16. The van der Waals surface area contributed by atoms with Gasteiger partial charge in [0.15, 0.2) is 34.5 Å². The van der Waals surface area contributed by atoms with Crippen molar-refractivity contribution < 1.29 is 40.7 Å². The molecule has 0 N–H and O–H groups in total. The minimum Gasteiger partial charge on any atom is -0.258 e. The van der Waals surface area contributed by atoms with Crippen LogP contribution in [0.2, 0.25) is 0 Å². The van der Waals surface area contributed by atoms with Crippen molar-refractivity contribution in [1.82, 2.24) is 4.21 Å². The van der Waals surface area contributed by atoms with Crippen LogP contribution in [0.3, 0.4) is 0 Å². The van der Waals surface area contributed by atoms with Crippen LogP contribution in [-0.4, -0.2) is 24.0 Å². The summed E-state index contributed by atoms with van der Waals surface area (Å²) in [6, 6.07) is 54.6. The lowest BCUT2D eigenvalue weighted by Crippen LogP contribution is -2.41. The lowest BCUT2D eigenvalue weighted by atomic mass is 10.3. The van der Waals surface area contributed by atoms with Gasteiger partial charge in [-0.05, 0) is 72.8 Å². The summed E-state index contributed by atoms with van der Waals surface area (Å²) in [4.78, 5) is 0. The summed E-state index contributed by atoms with van der Waals surface area (Å²) < 4.78 is 65.4. The van der Waals surface area contributed by atoms with E-state index in [0.29, 0.717) is 34.5 Å². The SMILES string of the molecule is C=CCO[P+](Oc1ccccc1)(Oc1ccccc1)N([P+](OCC=C)(Oc1ccccc1)Oc1ccccc1)[P+](OCC=C)(Oc1ccccc1)Oc1ccccc1. The summed E-state index contributed by atoms with van der Waals surface area (Å²) in [7, 11) is -13.2. The lowest BCUT2D eigenvalue weighted by molar-refractivity contribution is 0.173. The molecule has 0 heterocycles. The Hall–Kier alpha value is -5.53. The Morgan fingerprint density at radius 1 is 0.310 bits per heavy atom. The van der Waals surface area contributed by atoms with E-state index in [0.717, 1.165) is 0 Å². The van der Waals surface area contributed by atoms with Gasteiger partial charge in [-0.2, -0.15) is 0 Å². The van der Waals surface area contributed by atoms with Gasteiger partial charge in [-0.25, -0.2) is 0 Å². The number of hydrogen-bond acceptors (Lipinski definition) is 10. The molecule has 0 fully saturated rings. The molecule has 6 aromatic rings. The molecule has 0 unspecified atom stereocenters. The molecule has 0 spiro atoms. The molecule has 0 aromatic heterocycles. The molecule has 58 heavy (non-hydrogen) atoms. The third-order valence-corrected chi connectivity index (χ3v) is 16.8. The van der Waals surface area contributed by atoms with Gasteiger partial charge >= 0.3 is 28.5 Å². The largest absolute Gasteiger partial charge is 0.685 e. The third kappa shape index (κ3) is 11.1. The fourth-order valence-corrected chi connectivity index (χ4v) is 15.0. The van der Waals surface area contributed by atoms with Gasteiger partial charge in [0.25, 0.3) is 0 Å². The molecule has 0 radical (unpaired) electrons. The van der Waals surface area contributed by atoms with Crippen molar-refractivity contribution in [3.8, 4) is 34.5 Å². The van der Waals surface area contributed by atoms with Crippen LogP contribution in [0.15, 0.2) is 220 Å². The van der Waals surface area contributed by atoms with Gasteiger partial charge in [-0.3, -0.25) is 27.1 Å². The molecule has 0 saturated heterocycles. The number of benzene rings is 6. The van der Waals surface area contributed by atoms with Crippen molar-refractivity contribution in [2.45, 2.75) is 0 Å². The van der Waals surface area contributed by atoms with Crippen LogP contribution in [0.5, 0.6) is 34.5 Å². The lowest BCUT2D eigenvalue weighted by Gasteiger charge is -2.33. The molecule has 13 heteroatoms. The van der Waals surface area contributed by atoms with E-state index in [1.165, 1.54) is 4.21 Å². The van der Waals surface area contributed by atoms with Crippen LogP contribution in [0, 0.1) is 0 Å². The van der Waals surface area contributed by atoms with Crippen molar-refractivity contribution in [2.75, 3.05) is 19.8 Å². The summed E-state index contributed by atoms with van der Waals surface area (Å²) in [5.74, 6) is 2.19. The Bertz CT molecular complexity index is 1750. The second kappa shape index (κ2) is 21.3. The highest BCUT2D eigenvalue weighted by molar-refractivity contribution is 7.89. The van der Waals surface area contributed by atoms with Gasteiger partial charge < -0.3 is 0 Å². The average Bonchev–Trinajstić information content (AvgIpc) is 3.26. The fourth-order valence-electron chi connectivity index (χ4n) is 5.12. The van der Waals surface area contributed by atoms with Crippen molar-refractivity contribution in [3.05, 3.63) is 220 Å². The summed E-state index contributed by atoms with van der Waals surface area (Å²) in [6.45, 7) is 11.7. The van der Waals surface area contributed by atoms with E-state index in [2.05, 4.69) is 19.7 Å². The molecule has 6 rings (SSSR count). The second-order valence-electron chi connectivity index (χ2n) is 11.9. The minimum atomic E-state index is -4.40. The molecule has 0 bridgehead atoms. The number of para-hydroxylation sites is 6. The van der Waals surface area contributed by atoms with Gasteiger partial charge in [0.2, 0.25) is 0 Å². The standard InChI is InChI=1S/C45H45NO9P3/c1-4-37-47-56(50-40-25-13-7-14-26-40,51-41-27-15-8-16-28-41)46(57(48-38-5-2,52-42-29-17-9-18-30-42)53-43-31-19-10-20-32-43)58(49-39-6-3,54-44-33-21-11-22-34-44)55-45-35-23-12-24-36-45/h4-36H,1-3,37-39H2/q+3. The van der Waals surface area contributed by atoms with Gasteiger partial charge in [-0.15, -0.1) is 33.3 Å². The van der Waals surface area contributed by atoms with E-state index in [4.69, 9.17) is 40.7 Å². The Labute approximate surface area is 342 Å². The van der Waals surface area contributed by atoms with E-state index < -0.39 is 24.3 Å². The van der Waals surface area contributed by atoms with E-state index in [9.17, 15) is 0 Å². The zero-order valence-corrected chi connectivity index (χ0v) is 34.4. The topological polar surface area (TPSA) is 86.3 Å². The first-order chi connectivity index (χ1) is 28.5. The third-order valence-electron chi connectivity index (χ3n) is 7.51. The first-order valence-corrected chi connectivity index (χ1v) is 22.7. The zero-order valence-electron chi connectivity index (χ0n) is 31.8. The smallest absolute Gasteiger partial charge is 0.258 e. The molecule has 10 nitrogen and oxygen atoms in total. The fraction of sp³-hybridized carbons (Fsp3) is 0.0667. The van der Waals surface area contributed by atoms with Crippen molar-refractivity contribution in [3.63, 3.8) is 0 Å². The Kier molecular flexibility index (Phi) is 15.4. The maximum Gasteiger partial charge on any atom is 0.685 e. The summed E-state index contributed by atoms with van der Waals surface area (Å²) >= 11 is 0.